The highest BCUT2D eigenvalue weighted by atomic mass is 32.2. The van der Waals surface area contributed by atoms with Crippen molar-refractivity contribution >= 4 is 17.7 Å². The average Bonchev–Trinajstić information content (AvgIpc) is 2.16. The maximum atomic E-state index is 10.4. The topological polar surface area (TPSA) is 49.8 Å². The number of ether oxygens (including phenoxy) is 1. The molecule has 0 amide bonds. The first-order valence-electron chi connectivity index (χ1n) is 5.71. The second-order valence-corrected chi connectivity index (χ2v) is 5.59. The van der Waals surface area contributed by atoms with Crippen molar-refractivity contribution in [3.8, 4) is 0 Å². The highest BCUT2D eigenvalue weighted by Gasteiger charge is 2.20. The molecule has 0 aromatic rings. The summed E-state index contributed by atoms with van der Waals surface area (Å²) in [7, 11) is 0. The Morgan fingerprint density at radius 2 is 2.38 bits per heavy atom. The molecule has 1 N–H and O–H groups in total. The fraction of sp³-hybridized carbons (Fsp3) is 0.909. The predicted octanol–water partition coefficient (Wildman–Crippen LogP) is 1.16. The van der Waals surface area contributed by atoms with Crippen LogP contribution < -0.4 is 0 Å². The van der Waals surface area contributed by atoms with Gasteiger partial charge in [0.25, 0.3) is 0 Å². The molecule has 0 radical (unpaired) electrons. The molecule has 0 aromatic heterocycles. The van der Waals surface area contributed by atoms with Crippen LogP contribution in [-0.4, -0.2) is 59.8 Å². The number of hydrogen-bond acceptors (Lipinski definition) is 4. The number of aliphatic carboxylic acids is 1. The Balaban J connectivity index is 2.19. The summed E-state index contributed by atoms with van der Waals surface area (Å²) in [5.74, 6) is 0.871. The van der Waals surface area contributed by atoms with Gasteiger partial charge in [0.1, 0.15) is 0 Å². The summed E-state index contributed by atoms with van der Waals surface area (Å²) in [6.45, 7) is 8.23. The first-order chi connectivity index (χ1) is 7.58. The molecule has 1 rings (SSSR count). The molecule has 1 aliphatic heterocycles. The van der Waals surface area contributed by atoms with Gasteiger partial charge in [-0.25, -0.2) is 0 Å². The van der Waals surface area contributed by atoms with E-state index in [-0.39, 0.29) is 11.9 Å². The second-order valence-electron chi connectivity index (χ2n) is 4.56. The number of rotatable bonds is 6. The van der Waals surface area contributed by atoms with E-state index in [2.05, 4.69) is 18.7 Å². The standard InChI is InChI=1S/C11H21NO3S/c1-9(2)5-12-3-4-15-10(6-12)7-16-8-11(13)14/h9-10H,3-8H2,1-2H3,(H,13,14). The highest BCUT2D eigenvalue weighted by Crippen LogP contribution is 2.12. The Hall–Kier alpha value is -0.260. The highest BCUT2D eigenvalue weighted by molar-refractivity contribution is 7.99. The Kier molecular flexibility index (Phi) is 6.16. The van der Waals surface area contributed by atoms with Gasteiger partial charge in [-0.15, -0.1) is 11.8 Å². The van der Waals surface area contributed by atoms with Crippen molar-refractivity contribution in [3.05, 3.63) is 0 Å². The molecule has 4 nitrogen and oxygen atoms in total. The van der Waals surface area contributed by atoms with Crippen LogP contribution in [0, 0.1) is 5.92 Å². The van der Waals surface area contributed by atoms with Gasteiger partial charge in [-0.05, 0) is 5.92 Å². The van der Waals surface area contributed by atoms with Crippen molar-refractivity contribution in [2.45, 2.75) is 20.0 Å². The lowest BCUT2D eigenvalue weighted by Gasteiger charge is -2.33. The summed E-state index contributed by atoms with van der Waals surface area (Å²) >= 11 is 1.44. The fourth-order valence-electron chi connectivity index (χ4n) is 1.84. The predicted molar refractivity (Wildman–Crippen MR) is 66.0 cm³/mol. The van der Waals surface area contributed by atoms with E-state index >= 15 is 0 Å². The Bertz CT molecular complexity index is 223. The summed E-state index contributed by atoms with van der Waals surface area (Å²) in [5, 5.41) is 8.54. The van der Waals surface area contributed by atoms with Crippen molar-refractivity contribution in [2.24, 2.45) is 5.92 Å². The summed E-state index contributed by atoms with van der Waals surface area (Å²) in [4.78, 5) is 12.8. The third-order valence-electron chi connectivity index (χ3n) is 2.38. The van der Waals surface area contributed by atoms with Crippen LogP contribution in [0.3, 0.4) is 0 Å². The zero-order valence-electron chi connectivity index (χ0n) is 10.0. The molecular formula is C11H21NO3S. The van der Waals surface area contributed by atoms with Crippen LogP contribution in [0.5, 0.6) is 0 Å². The van der Waals surface area contributed by atoms with E-state index in [0.717, 1.165) is 32.0 Å². The molecule has 16 heavy (non-hydrogen) atoms. The van der Waals surface area contributed by atoms with Gasteiger partial charge in [-0.2, -0.15) is 0 Å². The molecule has 0 saturated carbocycles. The van der Waals surface area contributed by atoms with Crippen molar-refractivity contribution in [1.82, 2.24) is 4.90 Å². The van der Waals surface area contributed by atoms with E-state index in [1.165, 1.54) is 11.8 Å². The molecule has 1 fully saturated rings. The summed E-state index contributed by atoms with van der Waals surface area (Å²) < 4.78 is 5.62. The molecule has 0 spiro atoms. The normalized spacial score (nSPS) is 22.6. The number of nitrogens with zero attached hydrogens (tertiary/aromatic N) is 1. The minimum atomic E-state index is -0.750. The van der Waals surface area contributed by atoms with Crippen molar-refractivity contribution < 1.29 is 14.6 Å². The molecular weight excluding hydrogens is 226 g/mol. The van der Waals surface area contributed by atoms with Gasteiger partial charge >= 0.3 is 5.97 Å². The first kappa shape index (κ1) is 13.8. The average molecular weight is 247 g/mol. The number of carbonyl (C=O) groups is 1. The molecule has 1 aliphatic rings. The molecule has 1 heterocycles. The van der Waals surface area contributed by atoms with Crippen molar-refractivity contribution in [2.75, 3.05) is 37.7 Å². The van der Waals surface area contributed by atoms with E-state index in [9.17, 15) is 4.79 Å². The van der Waals surface area contributed by atoms with Crippen LogP contribution >= 0.6 is 11.8 Å². The van der Waals surface area contributed by atoms with Gasteiger partial charge in [0, 0.05) is 25.4 Å². The van der Waals surface area contributed by atoms with Crippen LogP contribution in [0.2, 0.25) is 0 Å². The van der Waals surface area contributed by atoms with E-state index in [4.69, 9.17) is 9.84 Å². The van der Waals surface area contributed by atoms with Crippen molar-refractivity contribution in [3.63, 3.8) is 0 Å². The number of hydrogen-bond donors (Lipinski definition) is 1. The Morgan fingerprint density at radius 1 is 1.62 bits per heavy atom. The first-order valence-corrected chi connectivity index (χ1v) is 6.87. The van der Waals surface area contributed by atoms with Gasteiger partial charge in [0.15, 0.2) is 0 Å². The minimum absolute atomic E-state index is 0.171. The molecule has 94 valence electrons. The lowest BCUT2D eigenvalue weighted by molar-refractivity contribution is -0.133. The monoisotopic (exact) mass is 247 g/mol. The third-order valence-corrected chi connectivity index (χ3v) is 3.43. The van der Waals surface area contributed by atoms with Crippen LogP contribution in [0.25, 0.3) is 0 Å². The Morgan fingerprint density at radius 3 is 3.00 bits per heavy atom. The van der Waals surface area contributed by atoms with Crippen LogP contribution in [-0.2, 0) is 9.53 Å². The van der Waals surface area contributed by atoms with Gasteiger partial charge in [-0.1, -0.05) is 13.8 Å². The van der Waals surface area contributed by atoms with Crippen LogP contribution in [0.1, 0.15) is 13.8 Å². The van der Waals surface area contributed by atoms with E-state index in [1.54, 1.807) is 0 Å². The molecule has 0 bridgehead atoms. The van der Waals surface area contributed by atoms with Crippen LogP contribution in [0.15, 0.2) is 0 Å². The smallest absolute Gasteiger partial charge is 0.313 e. The zero-order chi connectivity index (χ0) is 12.0. The van der Waals surface area contributed by atoms with Crippen molar-refractivity contribution in [1.29, 1.82) is 0 Å². The number of morpholine rings is 1. The summed E-state index contributed by atoms with van der Waals surface area (Å²) in [6, 6.07) is 0. The second kappa shape index (κ2) is 7.14. The molecule has 1 saturated heterocycles. The fourth-order valence-corrected chi connectivity index (χ4v) is 2.60. The quantitative estimate of drug-likeness (QED) is 0.763. The van der Waals surface area contributed by atoms with E-state index in [0.29, 0.717) is 5.92 Å². The van der Waals surface area contributed by atoms with Gasteiger partial charge in [0.05, 0.1) is 18.5 Å². The summed E-state index contributed by atoms with van der Waals surface area (Å²) in [5.41, 5.74) is 0. The van der Waals surface area contributed by atoms with Gasteiger partial charge in [0.2, 0.25) is 0 Å². The largest absolute Gasteiger partial charge is 0.481 e. The molecule has 5 heteroatoms. The maximum Gasteiger partial charge on any atom is 0.313 e. The van der Waals surface area contributed by atoms with Crippen LogP contribution in [0.4, 0.5) is 0 Å². The Labute approximate surface area is 101 Å². The van der Waals surface area contributed by atoms with Gasteiger partial charge < -0.3 is 9.84 Å². The minimum Gasteiger partial charge on any atom is -0.481 e. The molecule has 0 aliphatic carbocycles. The van der Waals surface area contributed by atoms with Gasteiger partial charge in [-0.3, -0.25) is 9.69 Å². The maximum absolute atomic E-state index is 10.4. The third kappa shape index (κ3) is 5.72. The number of carboxylic acid groups (broad SMARTS) is 1. The SMILES string of the molecule is CC(C)CN1CCOC(CSCC(=O)O)C1. The van der Waals surface area contributed by atoms with E-state index < -0.39 is 5.97 Å². The van der Waals surface area contributed by atoms with E-state index in [1.807, 2.05) is 0 Å². The number of thioether (sulfide) groups is 1. The lowest BCUT2D eigenvalue weighted by atomic mass is 10.2. The summed E-state index contributed by atoms with van der Waals surface area (Å²) in [6.07, 6.45) is 0.192. The zero-order valence-corrected chi connectivity index (χ0v) is 10.8. The molecule has 1 unspecified atom stereocenters. The lowest BCUT2D eigenvalue weighted by Crippen LogP contribution is -2.44. The number of carboxylic acids is 1. The molecule has 0 aromatic carbocycles. The molecule has 1 atom stereocenters.